The molecule has 0 spiro atoms. The maximum atomic E-state index is 5.02. The normalized spacial score (nSPS) is 11.9. The average Bonchev–Trinajstić information content (AvgIpc) is 2.71. The third-order valence-corrected chi connectivity index (χ3v) is 4.66. The van der Waals surface area contributed by atoms with Crippen LogP contribution in [0.2, 0.25) is 0 Å². The van der Waals surface area contributed by atoms with E-state index in [1.165, 1.54) is 44.9 Å². The van der Waals surface area contributed by atoms with E-state index >= 15 is 0 Å². The van der Waals surface area contributed by atoms with Gasteiger partial charge in [-0.25, -0.2) is 0 Å². The summed E-state index contributed by atoms with van der Waals surface area (Å²) in [6, 6.07) is 20.6. The molecule has 0 N–H and O–H groups in total. The summed E-state index contributed by atoms with van der Waals surface area (Å²) in [5.74, 6) is 0. The molecule has 0 amide bonds. The molecule has 0 atom stereocenters. The molecule has 0 fully saturated rings. The number of para-hydroxylation sites is 2. The van der Waals surface area contributed by atoms with Crippen LogP contribution in [0, 0.1) is 0 Å². The molecule has 0 unspecified atom stereocenters. The average molecular weight is 421 g/mol. The molecule has 2 nitrogen and oxygen atoms in total. The van der Waals surface area contributed by atoms with Gasteiger partial charge in [-0.3, -0.25) is 9.98 Å². The fraction of sp³-hybridized carbons (Fsp3) is 0.440. The quantitative estimate of drug-likeness (QED) is 0.188. The summed E-state index contributed by atoms with van der Waals surface area (Å²) in [5, 5.41) is 0. The second kappa shape index (κ2) is 15.2. The Morgan fingerprint density at radius 1 is 0.571 bits per heavy atom. The molecule has 28 heavy (non-hydrogen) atoms. The predicted octanol–water partition coefficient (Wildman–Crippen LogP) is 8.08. The monoisotopic (exact) mass is 420 g/mol. The molecule has 0 aliphatic rings. The molecular weight excluding hydrogens is 387 g/mol. The van der Waals surface area contributed by atoms with Crippen molar-refractivity contribution in [1.82, 2.24) is 0 Å². The zero-order chi connectivity index (χ0) is 19.2. The van der Waals surface area contributed by atoms with Crippen LogP contribution in [-0.4, -0.2) is 11.4 Å². The third kappa shape index (κ3) is 9.46. The van der Waals surface area contributed by atoms with Gasteiger partial charge < -0.3 is 0 Å². The third-order valence-electron chi connectivity index (χ3n) is 4.66. The predicted molar refractivity (Wildman–Crippen MR) is 120 cm³/mol. The summed E-state index contributed by atoms with van der Waals surface area (Å²) in [7, 11) is 0. The summed E-state index contributed by atoms with van der Waals surface area (Å²) >= 11 is 0. The first-order chi connectivity index (χ1) is 13.3. The van der Waals surface area contributed by atoms with E-state index in [0.717, 1.165) is 35.6 Å². The minimum absolute atomic E-state index is 0. The van der Waals surface area contributed by atoms with E-state index in [-0.39, 0.29) is 16.5 Å². The smallest absolute Gasteiger partial charge is 0.0633 e. The molecule has 0 aliphatic heterocycles. The number of rotatable bonds is 12. The van der Waals surface area contributed by atoms with E-state index < -0.39 is 0 Å². The van der Waals surface area contributed by atoms with Crippen molar-refractivity contribution in [1.29, 1.82) is 0 Å². The molecular formula is C25H34N2Ni. The van der Waals surface area contributed by atoms with Gasteiger partial charge in [-0.05, 0) is 49.9 Å². The SMILES string of the molecule is CCCCCCC(=Nc1ccccc1)C(CCCCC)=Nc1ccccc1.[Ni]. The summed E-state index contributed by atoms with van der Waals surface area (Å²) < 4.78 is 0. The van der Waals surface area contributed by atoms with Crippen molar-refractivity contribution in [3.63, 3.8) is 0 Å². The zero-order valence-electron chi connectivity index (χ0n) is 17.3. The van der Waals surface area contributed by atoms with Crippen molar-refractivity contribution in [3.05, 3.63) is 60.7 Å². The molecule has 0 saturated carbocycles. The Balaban J connectivity index is 0.00000392. The van der Waals surface area contributed by atoms with Gasteiger partial charge in [0.15, 0.2) is 0 Å². The molecule has 0 aliphatic carbocycles. The molecule has 0 bridgehead atoms. The Bertz CT molecular complexity index is 693. The van der Waals surface area contributed by atoms with Gasteiger partial charge in [0.05, 0.1) is 22.8 Å². The number of benzene rings is 2. The molecule has 2 aromatic carbocycles. The number of unbranched alkanes of at least 4 members (excludes halogenated alkanes) is 5. The number of hydrogen-bond donors (Lipinski definition) is 0. The minimum Gasteiger partial charge on any atom is -0.252 e. The fourth-order valence-corrected chi connectivity index (χ4v) is 3.11. The Labute approximate surface area is 181 Å². The summed E-state index contributed by atoms with van der Waals surface area (Å²) in [6.07, 6.45) is 10.6. The Kier molecular flexibility index (Phi) is 13.2. The van der Waals surface area contributed by atoms with E-state index in [1.54, 1.807) is 0 Å². The first-order valence-electron chi connectivity index (χ1n) is 10.6. The molecule has 154 valence electrons. The van der Waals surface area contributed by atoms with Crippen LogP contribution >= 0.6 is 0 Å². The van der Waals surface area contributed by atoms with Gasteiger partial charge in [0.2, 0.25) is 0 Å². The van der Waals surface area contributed by atoms with Crippen LogP contribution in [0.4, 0.5) is 11.4 Å². The maximum Gasteiger partial charge on any atom is 0.0633 e. The molecule has 0 radical (unpaired) electrons. The van der Waals surface area contributed by atoms with E-state index in [2.05, 4.69) is 62.4 Å². The van der Waals surface area contributed by atoms with Crippen molar-refractivity contribution in [2.45, 2.75) is 71.6 Å². The first kappa shape index (κ1) is 24.3. The largest absolute Gasteiger partial charge is 0.252 e. The first-order valence-corrected chi connectivity index (χ1v) is 10.6. The van der Waals surface area contributed by atoms with Crippen LogP contribution in [0.1, 0.15) is 71.6 Å². The fourth-order valence-electron chi connectivity index (χ4n) is 3.11. The summed E-state index contributed by atoms with van der Waals surface area (Å²) in [4.78, 5) is 10.0. The van der Waals surface area contributed by atoms with Crippen LogP contribution in [0.5, 0.6) is 0 Å². The van der Waals surface area contributed by atoms with Crippen molar-refractivity contribution in [2.75, 3.05) is 0 Å². The van der Waals surface area contributed by atoms with Crippen LogP contribution in [0.3, 0.4) is 0 Å². The molecule has 2 aromatic rings. The Morgan fingerprint density at radius 3 is 1.39 bits per heavy atom. The number of aliphatic imine (C=N–C) groups is 2. The molecule has 0 saturated heterocycles. The van der Waals surface area contributed by atoms with E-state index in [4.69, 9.17) is 9.98 Å². The second-order valence-electron chi connectivity index (χ2n) is 7.06. The maximum absolute atomic E-state index is 5.02. The van der Waals surface area contributed by atoms with Crippen molar-refractivity contribution in [3.8, 4) is 0 Å². The van der Waals surface area contributed by atoms with Gasteiger partial charge in [0.25, 0.3) is 0 Å². The minimum atomic E-state index is 0. The topological polar surface area (TPSA) is 24.7 Å². The van der Waals surface area contributed by atoms with Gasteiger partial charge >= 0.3 is 0 Å². The second-order valence-corrected chi connectivity index (χ2v) is 7.06. The molecule has 2 rings (SSSR count). The molecule has 0 heterocycles. The van der Waals surface area contributed by atoms with Gasteiger partial charge in [-0.15, -0.1) is 0 Å². The van der Waals surface area contributed by atoms with Gasteiger partial charge in [-0.2, -0.15) is 0 Å². The van der Waals surface area contributed by atoms with Crippen LogP contribution in [0.15, 0.2) is 70.6 Å². The van der Waals surface area contributed by atoms with E-state index in [1.807, 2.05) is 12.1 Å². The zero-order valence-corrected chi connectivity index (χ0v) is 18.3. The van der Waals surface area contributed by atoms with E-state index in [0.29, 0.717) is 0 Å². The van der Waals surface area contributed by atoms with Crippen LogP contribution < -0.4 is 0 Å². The van der Waals surface area contributed by atoms with Crippen molar-refractivity contribution < 1.29 is 16.5 Å². The number of hydrogen-bond acceptors (Lipinski definition) is 2. The van der Waals surface area contributed by atoms with Crippen LogP contribution in [-0.2, 0) is 16.5 Å². The van der Waals surface area contributed by atoms with Gasteiger partial charge in [0.1, 0.15) is 0 Å². The standard InChI is InChI=1S/C25H34N2.Ni/c1-3-5-7-15-21-25(27-23-18-13-9-14-19-23)24(20-10-6-4-2)26-22-16-11-8-12-17-22;/h8-9,11-14,16-19H,3-7,10,15,20-21H2,1-2H3;. The van der Waals surface area contributed by atoms with Gasteiger partial charge in [-0.1, -0.05) is 82.3 Å². The number of nitrogens with zero attached hydrogens (tertiary/aromatic N) is 2. The van der Waals surface area contributed by atoms with Crippen molar-refractivity contribution in [2.24, 2.45) is 9.98 Å². The van der Waals surface area contributed by atoms with E-state index in [9.17, 15) is 0 Å². The Morgan fingerprint density at radius 2 is 0.964 bits per heavy atom. The Hall–Kier alpha value is -1.73. The summed E-state index contributed by atoms with van der Waals surface area (Å²) in [6.45, 7) is 4.50. The molecule has 0 aromatic heterocycles. The molecule has 3 heteroatoms. The summed E-state index contributed by atoms with van der Waals surface area (Å²) in [5.41, 5.74) is 4.38. The van der Waals surface area contributed by atoms with Crippen molar-refractivity contribution >= 4 is 22.8 Å². The van der Waals surface area contributed by atoms with Crippen LogP contribution in [0.25, 0.3) is 0 Å². The van der Waals surface area contributed by atoms with Gasteiger partial charge in [0, 0.05) is 16.5 Å².